The van der Waals surface area contributed by atoms with Gasteiger partial charge in [0.25, 0.3) is 5.91 Å². The molecule has 0 spiro atoms. The predicted octanol–water partition coefficient (Wildman–Crippen LogP) is 3.34. The van der Waals surface area contributed by atoms with Gasteiger partial charge in [0, 0.05) is 0 Å². The standard InChI is InChI=1S/C24H24FN5O3/c1-14-5-11-19(12-6-14)30-16(3)21(15(2)28-30)26-20(31)13-29-22(32)24(4,27-23(29)33)17-7-9-18(25)10-8-17/h5-12H,13H2,1-4H3,(H,26,31)(H,27,33). The number of carbonyl (C=O) groups is 3. The van der Waals surface area contributed by atoms with E-state index >= 15 is 0 Å². The Morgan fingerprint density at radius 2 is 1.70 bits per heavy atom. The molecule has 0 bridgehead atoms. The summed E-state index contributed by atoms with van der Waals surface area (Å²) in [7, 11) is 0. The number of aromatic nitrogens is 2. The van der Waals surface area contributed by atoms with Crippen LogP contribution in [0.4, 0.5) is 14.9 Å². The Labute approximate surface area is 190 Å². The van der Waals surface area contributed by atoms with Gasteiger partial charge in [0.05, 0.1) is 22.8 Å². The molecule has 2 N–H and O–H groups in total. The number of carbonyl (C=O) groups excluding carboxylic acids is 3. The summed E-state index contributed by atoms with van der Waals surface area (Å²) >= 11 is 0. The molecular formula is C24H24FN5O3. The fraction of sp³-hybridized carbons (Fsp3) is 0.250. The molecule has 33 heavy (non-hydrogen) atoms. The lowest BCUT2D eigenvalue weighted by Gasteiger charge is -2.22. The van der Waals surface area contributed by atoms with E-state index in [9.17, 15) is 18.8 Å². The van der Waals surface area contributed by atoms with Gasteiger partial charge in [-0.15, -0.1) is 0 Å². The van der Waals surface area contributed by atoms with Crippen LogP contribution in [0.1, 0.15) is 29.4 Å². The highest BCUT2D eigenvalue weighted by molar-refractivity contribution is 6.10. The topological polar surface area (TPSA) is 96.3 Å². The molecule has 0 aliphatic carbocycles. The van der Waals surface area contributed by atoms with Gasteiger partial charge in [0.2, 0.25) is 5.91 Å². The number of anilines is 1. The molecule has 9 heteroatoms. The molecule has 1 saturated heterocycles. The van der Waals surface area contributed by atoms with Crippen molar-refractivity contribution < 1.29 is 18.8 Å². The van der Waals surface area contributed by atoms with E-state index in [1.807, 2.05) is 38.1 Å². The Morgan fingerprint density at radius 1 is 1.06 bits per heavy atom. The first-order valence-corrected chi connectivity index (χ1v) is 10.4. The number of urea groups is 1. The van der Waals surface area contributed by atoms with E-state index in [-0.39, 0.29) is 0 Å². The molecule has 2 heterocycles. The van der Waals surface area contributed by atoms with E-state index in [1.165, 1.54) is 31.2 Å². The highest BCUT2D eigenvalue weighted by Gasteiger charge is 2.49. The van der Waals surface area contributed by atoms with Crippen LogP contribution in [0.2, 0.25) is 0 Å². The third kappa shape index (κ3) is 3.97. The Bertz CT molecular complexity index is 1250. The lowest BCUT2D eigenvalue weighted by Crippen LogP contribution is -2.42. The van der Waals surface area contributed by atoms with Crippen molar-refractivity contribution in [2.45, 2.75) is 33.2 Å². The van der Waals surface area contributed by atoms with E-state index in [0.29, 0.717) is 16.9 Å². The van der Waals surface area contributed by atoms with Crippen molar-refractivity contribution in [3.63, 3.8) is 0 Å². The minimum atomic E-state index is -1.38. The second kappa shape index (κ2) is 8.16. The van der Waals surface area contributed by atoms with Crippen molar-refractivity contribution in [3.8, 4) is 5.69 Å². The van der Waals surface area contributed by atoms with Crippen LogP contribution >= 0.6 is 0 Å². The van der Waals surface area contributed by atoms with Gasteiger partial charge in [-0.05, 0) is 57.5 Å². The molecule has 170 valence electrons. The van der Waals surface area contributed by atoms with Crippen molar-refractivity contribution in [2.24, 2.45) is 0 Å². The molecule has 4 rings (SSSR count). The summed E-state index contributed by atoms with van der Waals surface area (Å²) < 4.78 is 15.0. The number of hydrogen-bond donors (Lipinski definition) is 2. The highest BCUT2D eigenvalue weighted by Crippen LogP contribution is 2.29. The molecular weight excluding hydrogens is 425 g/mol. The monoisotopic (exact) mass is 449 g/mol. The molecule has 1 aliphatic heterocycles. The van der Waals surface area contributed by atoms with Crippen molar-refractivity contribution in [2.75, 3.05) is 11.9 Å². The molecule has 2 aromatic carbocycles. The largest absolute Gasteiger partial charge is 0.325 e. The fourth-order valence-corrected chi connectivity index (χ4v) is 3.90. The number of nitrogens with one attached hydrogen (secondary N) is 2. The summed E-state index contributed by atoms with van der Waals surface area (Å²) in [5.74, 6) is -1.57. The molecule has 8 nitrogen and oxygen atoms in total. The molecule has 1 fully saturated rings. The van der Waals surface area contributed by atoms with Gasteiger partial charge in [-0.3, -0.25) is 14.5 Å². The molecule has 3 aromatic rings. The molecule has 4 amide bonds. The van der Waals surface area contributed by atoms with E-state index in [1.54, 1.807) is 11.6 Å². The first kappa shape index (κ1) is 22.2. The summed E-state index contributed by atoms with van der Waals surface area (Å²) in [6, 6.07) is 12.4. The van der Waals surface area contributed by atoms with Crippen molar-refractivity contribution in [3.05, 3.63) is 76.9 Å². The maximum Gasteiger partial charge on any atom is 0.325 e. The van der Waals surface area contributed by atoms with E-state index in [4.69, 9.17) is 0 Å². The van der Waals surface area contributed by atoms with Crippen LogP contribution in [0.5, 0.6) is 0 Å². The van der Waals surface area contributed by atoms with Gasteiger partial charge in [0.1, 0.15) is 17.9 Å². The molecule has 1 aromatic heterocycles. The van der Waals surface area contributed by atoms with Gasteiger partial charge in [-0.2, -0.15) is 5.10 Å². The van der Waals surface area contributed by atoms with Gasteiger partial charge in [-0.1, -0.05) is 29.8 Å². The van der Waals surface area contributed by atoms with Gasteiger partial charge < -0.3 is 10.6 Å². The maximum atomic E-state index is 13.3. The summed E-state index contributed by atoms with van der Waals surface area (Å²) in [6.45, 7) is 6.66. The first-order valence-electron chi connectivity index (χ1n) is 10.4. The Kier molecular flexibility index (Phi) is 5.49. The number of halogens is 1. The number of hydrogen-bond acceptors (Lipinski definition) is 4. The molecule has 1 unspecified atom stereocenters. The SMILES string of the molecule is Cc1ccc(-n2nc(C)c(NC(=O)CN3C(=O)NC(C)(c4ccc(F)cc4)C3=O)c2C)cc1. The molecule has 1 atom stereocenters. The van der Waals surface area contributed by atoms with E-state index in [2.05, 4.69) is 15.7 Å². The molecule has 1 aliphatic rings. The normalized spacial score (nSPS) is 17.9. The van der Waals surface area contributed by atoms with Crippen LogP contribution in [0.3, 0.4) is 0 Å². The third-order valence-corrected chi connectivity index (χ3v) is 5.83. The number of aryl methyl sites for hydroxylation is 2. The fourth-order valence-electron chi connectivity index (χ4n) is 3.90. The van der Waals surface area contributed by atoms with Crippen LogP contribution in [-0.2, 0) is 15.1 Å². The average Bonchev–Trinajstić information content (AvgIpc) is 3.17. The quantitative estimate of drug-likeness (QED) is 0.584. The zero-order chi connectivity index (χ0) is 23.9. The minimum absolute atomic E-state index is 0.427. The number of imide groups is 1. The molecule has 0 radical (unpaired) electrons. The number of nitrogens with zero attached hydrogens (tertiary/aromatic N) is 3. The van der Waals surface area contributed by atoms with Gasteiger partial charge in [0.15, 0.2) is 0 Å². The Morgan fingerprint density at radius 3 is 2.33 bits per heavy atom. The van der Waals surface area contributed by atoms with Crippen LogP contribution < -0.4 is 10.6 Å². The van der Waals surface area contributed by atoms with Crippen LogP contribution in [-0.4, -0.2) is 39.1 Å². The van der Waals surface area contributed by atoms with Crippen LogP contribution in [0, 0.1) is 26.6 Å². The second-order valence-corrected chi connectivity index (χ2v) is 8.29. The van der Waals surface area contributed by atoms with Gasteiger partial charge in [-0.25, -0.2) is 13.9 Å². The predicted molar refractivity (Wildman–Crippen MR) is 120 cm³/mol. The lowest BCUT2D eigenvalue weighted by molar-refractivity contribution is -0.133. The van der Waals surface area contributed by atoms with Crippen LogP contribution in [0.15, 0.2) is 48.5 Å². The third-order valence-electron chi connectivity index (χ3n) is 5.83. The smallest absolute Gasteiger partial charge is 0.321 e. The summed E-state index contributed by atoms with van der Waals surface area (Å²) in [4.78, 5) is 39.1. The summed E-state index contributed by atoms with van der Waals surface area (Å²) in [5, 5.41) is 9.89. The zero-order valence-corrected chi connectivity index (χ0v) is 18.8. The second-order valence-electron chi connectivity index (χ2n) is 8.29. The lowest BCUT2D eigenvalue weighted by atomic mass is 9.92. The van der Waals surface area contributed by atoms with Crippen molar-refractivity contribution in [1.29, 1.82) is 0 Å². The molecule has 0 saturated carbocycles. The number of rotatable bonds is 5. The van der Waals surface area contributed by atoms with Crippen molar-refractivity contribution in [1.82, 2.24) is 20.0 Å². The van der Waals surface area contributed by atoms with Crippen molar-refractivity contribution >= 4 is 23.5 Å². The first-order chi connectivity index (χ1) is 15.6. The van der Waals surface area contributed by atoms with Gasteiger partial charge >= 0.3 is 6.03 Å². The zero-order valence-electron chi connectivity index (χ0n) is 18.8. The highest BCUT2D eigenvalue weighted by atomic mass is 19.1. The number of amides is 4. The Hall–Kier alpha value is -4.01. The number of benzene rings is 2. The Balaban J connectivity index is 1.51. The van der Waals surface area contributed by atoms with E-state index < -0.39 is 35.7 Å². The summed E-state index contributed by atoms with van der Waals surface area (Å²) in [5.41, 5.74) is 2.87. The van der Waals surface area contributed by atoms with E-state index in [0.717, 1.165) is 21.8 Å². The maximum absolute atomic E-state index is 13.3. The van der Waals surface area contributed by atoms with Crippen LogP contribution in [0.25, 0.3) is 5.69 Å². The average molecular weight is 449 g/mol. The summed E-state index contributed by atoms with van der Waals surface area (Å²) in [6.07, 6.45) is 0. The minimum Gasteiger partial charge on any atom is -0.321 e.